The first kappa shape index (κ1) is 14.6. The summed E-state index contributed by atoms with van der Waals surface area (Å²) >= 11 is 0. The highest BCUT2D eigenvalue weighted by Gasteiger charge is 2.14. The third kappa shape index (κ3) is 3.81. The van der Waals surface area contributed by atoms with Crippen molar-refractivity contribution in [1.82, 2.24) is 9.88 Å². The van der Waals surface area contributed by atoms with Crippen LogP contribution in [-0.2, 0) is 11.3 Å². The Labute approximate surface area is 109 Å². The Morgan fingerprint density at radius 3 is 2.28 bits per heavy atom. The highest BCUT2D eigenvalue weighted by Crippen LogP contribution is 2.11. The predicted octanol–water partition coefficient (Wildman–Crippen LogP) is 2.49. The van der Waals surface area contributed by atoms with Crippen LogP contribution in [0.25, 0.3) is 0 Å². The summed E-state index contributed by atoms with van der Waals surface area (Å²) in [4.78, 5) is 17.9. The first-order chi connectivity index (χ1) is 8.45. The number of carbonyl (C=O) groups is 1. The molecule has 0 aliphatic rings. The summed E-state index contributed by atoms with van der Waals surface area (Å²) < 4.78 is 4.64. The lowest BCUT2D eigenvalue weighted by Crippen LogP contribution is -2.36. The van der Waals surface area contributed by atoms with Crippen molar-refractivity contribution in [2.45, 2.75) is 46.3 Å². The van der Waals surface area contributed by atoms with Crippen molar-refractivity contribution in [3.63, 3.8) is 0 Å². The number of hydrogen-bond donors (Lipinski definition) is 0. The SMILES string of the molecule is COC(=O)c1ccc(CN(C(C)C)C(C)C)nc1. The Morgan fingerprint density at radius 2 is 1.89 bits per heavy atom. The van der Waals surface area contributed by atoms with Crippen LogP contribution in [0.2, 0.25) is 0 Å². The molecule has 0 atom stereocenters. The second-order valence-electron chi connectivity index (χ2n) is 4.89. The average molecular weight is 250 g/mol. The van der Waals surface area contributed by atoms with Gasteiger partial charge in [0.1, 0.15) is 0 Å². The van der Waals surface area contributed by atoms with Gasteiger partial charge < -0.3 is 4.74 Å². The standard InChI is InChI=1S/C14H22N2O2/c1-10(2)16(11(3)4)9-13-7-6-12(8-15-13)14(17)18-5/h6-8,10-11H,9H2,1-5H3. The number of ether oxygens (including phenoxy) is 1. The van der Waals surface area contributed by atoms with E-state index in [9.17, 15) is 4.79 Å². The van der Waals surface area contributed by atoms with Crippen molar-refractivity contribution in [2.24, 2.45) is 0 Å². The van der Waals surface area contributed by atoms with Crippen LogP contribution in [0, 0.1) is 0 Å². The highest BCUT2D eigenvalue weighted by atomic mass is 16.5. The van der Waals surface area contributed by atoms with E-state index in [1.54, 1.807) is 12.3 Å². The van der Waals surface area contributed by atoms with E-state index in [0.717, 1.165) is 12.2 Å². The van der Waals surface area contributed by atoms with Gasteiger partial charge in [-0.05, 0) is 39.8 Å². The van der Waals surface area contributed by atoms with Crippen molar-refractivity contribution >= 4 is 5.97 Å². The summed E-state index contributed by atoms with van der Waals surface area (Å²) in [5.41, 5.74) is 1.45. The lowest BCUT2D eigenvalue weighted by Gasteiger charge is -2.30. The van der Waals surface area contributed by atoms with Gasteiger partial charge >= 0.3 is 5.97 Å². The Kier molecular flexibility index (Phi) is 5.28. The third-order valence-corrected chi connectivity index (χ3v) is 2.92. The molecule has 0 bridgehead atoms. The van der Waals surface area contributed by atoms with Gasteiger partial charge in [-0.15, -0.1) is 0 Å². The molecule has 0 aliphatic carbocycles. The van der Waals surface area contributed by atoms with Gasteiger partial charge in [0.25, 0.3) is 0 Å². The summed E-state index contributed by atoms with van der Waals surface area (Å²) in [6.07, 6.45) is 1.57. The summed E-state index contributed by atoms with van der Waals surface area (Å²) in [6, 6.07) is 4.57. The molecule has 1 aromatic heterocycles. The molecule has 1 rings (SSSR count). The Morgan fingerprint density at radius 1 is 1.28 bits per heavy atom. The number of aromatic nitrogens is 1. The fraction of sp³-hybridized carbons (Fsp3) is 0.571. The molecule has 0 saturated heterocycles. The molecule has 0 aliphatic heterocycles. The van der Waals surface area contributed by atoms with Gasteiger partial charge in [0.15, 0.2) is 0 Å². The number of nitrogens with zero attached hydrogens (tertiary/aromatic N) is 2. The minimum absolute atomic E-state index is 0.348. The highest BCUT2D eigenvalue weighted by molar-refractivity contribution is 5.88. The molecule has 1 aromatic rings. The fourth-order valence-corrected chi connectivity index (χ4v) is 1.91. The van der Waals surface area contributed by atoms with Crippen LogP contribution < -0.4 is 0 Å². The lowest BCUT2D eigenvalue weighted by atomic mass is 10.2. The van der Waals surface area contributed by atoms with E-state index in [1.165, 1.54) is 7.11 Å². The van der Waals surface area contributed by atoms with Crippen LogP contribution in [0.5, 0.6) is 0 Å². The fourth-order valence-electron chi connectivity index (χ4n) is 1.91. The lowest BCUT2D eigenvalue weighted by molar-refractivity contribution is 0.0600. The van der Waals surface area contributed by atoms with Gasteiger partial charge in [-0.1, -0.05) is 0 Å². The average Bonchev–Trinajstić information content (AvgIpc) is 2.35. The molecule has 0 saturated carbocycles. The summed E-state index contributed by atoms with van der Waals surface area (Å²) in [5.74, 6) is -0.348. The Hall–Kier alpha value is -1.42. The van der Waals surface area contributed by atoms with Crippen LogP contribution in [-0.4, -0.2) is 35.0 Å². The van der Waals surface area contributed by atoms with Crippen molar-refractivity contribution in [3.8, 4) is 0 Å². The van der Waals surface area contributed by atoms with Crippen molar-refractivity contribution in [2.75, 3.05) is 7.11 Å². The molecular weight excluding hydrogens is 228 g/mol. The van der Waals surface area contributed by atoms with Gasteiger partial charge in [-0.2, -0.15) is 0 Å². The van der Waals surface area contributed by atoms with Gasteiger partial charge in [0, 0.05) is 24.8 Å². The van der Waals surface area contributed by atoms with Gasteiger partial charge in [0.05, 0.1) is 18.4 Å². The van der Waals surface area contributed by atoms with Crippen LogP contribution in [0.15, 0.2) is 18.3 Å². The van der Waals surface area contributed by atoms with Crippen molar-refractivity contribution in [3.05, 3.63) is 29.6 Å². The number of carbonyl (C=O) groups excluding carboxylic acids is 1. The second kappa shape index (κ2) is 6.50. The molecule has 0 unspecified atom stereocenters. The summed E-state index contributed by atoms with van der Waals surface area (Å²) in [6.45, 7) is 9.47. The summed E-state index contributed by atoms with van der Waals surface area (Å²) in [7, 11) is 1.37. The number of esters is 1. The molecular formula is C14H22N2O2. The minimum atomic E-state index is -0.348. The van der Waals surface area contributed by atoms with Crippen LogP contribution in [0.1, 0.15) is 43.7 Å². The Bertz CT molecular complexity index is 377. The summed E-state index contributed by atoms with van der Waals surface area (Å²) in [5, 5.41) is 0. The Balaban J connectivity index is 2.76. The molecule has 4 nitrogen and oxygen atoms in total. The van der Waals surface area contributed by atoms with E-state index in [1.807, 2.05) is 6.07 Å². The number of methoxy groups -OCH3 is 1. The maximum Gasteiger partial charge on any atom is 0.339 e. The maximum atomic E-state index is 11.3. The van der Waals surface area contributed by atoms with Crippen LogP contribution >= 0.6 is 0 Å². The molecule has 0 fully saturated rings. The van der Waals surface area contributed by atoms with Gasteiger partial charge in [-0.3, -0.25) is 9.88 Å². The first-order valence-corrected chi connectivity index (χ1v) is 6.24. The molecule has 0 spiro atoms. The van der Waals surface area contributed by atoms with Crippen molar-refractivity contribution in [1.29, 1.82) is 0 Å². The largest absolute Gasteiger partial charge is 0.465 e. The predicted molar refractivity (Wildman–Crippen MR) is 71.4 cm³/mol. The van der Waals surface area contributed by atoms with E-state index in [4.69, 9.17) is 0 Å². The maximum absolute atomic E-state index is 11.3. The zero-order chi connectivity index (χ0) is 13.7. The molecule has 1 heterocycles. The van der Waals surface area contributed by atoms with E-state index in [0.29, 0.717) is 17.6 Å². The molecule has 100 valence electrons. The molecule has 0 N–H and O–H groups in total. The molecule has 0 radical (unpaired) electrons. The number of pyridine rings is 1. The first-order valence-electron chi connectivity index (χ1n) is 6.24. The molecule has 0 aromatic carbocycles. The second-order valence-corrected chi connectivity index (χ2v) is 4.89. The van der Waals surface area contributed by atoms with E-state index < -0.39 is 0 Å². The number of rotatable bonds is 5. The minimum Gasteiger partial charge on any atom is -0.465 e. The van der Waals surface area contributed by atoms with Gasteiger partial charge in [0.2, 0.25) is 0 Å². The van der Waals surface area contributed by atoms with E-state index in [-0.39, 0.29) is 5.97 Å². The van der Waals surface area contributed by atoms with Gasteiger partial charge in [-0.25, -0.2) is 4.79 Å². The monoisotopic (exact) mass is 250 g/mol. The third-order valence-electron chi connectivity index (χ3n) is 2.92. The zero-order valence-corrected chi connectivity index (χ0v) is 11.8. The van der Waals surface area contributed by atoms with Crippen LogP contribution in [0.4, 0.5) is 0 Å². The number of hydrogen-bond acceptors (Lipinski definition) is 4. The topological polar surface area (TPSA) is 42.4 Å². The zero-order valence-electron chi connectivity index (χ0n) is 11.8. The molecule has 0 amide bonds. The van der Waals surface area contributed by atoms with E-state index in [2.05, 4.69) is 42.3 Å². The quantitative estimate of drug-likeness (QED) is 0.753. The normalized spacial score (nSPS) is 11.3. The molecule has 18 heavy (non-hydrogen) atoms. The van der Waals surface area contributed by atoms with Crippen molar-refractivity contribution < 1.29 is 9.53 Å². The van der Waals surface area contributed by atoms with E-state index >= 15 is 0 Å². The molecule has 4 heteroatoms. The van der Waals surface area contributed by atoms with Crippen LogP contribution in [0.3, 0.4) is 0 Å². The smallest absolute Gasteiger partial charge is 0.339 e.